The van der Waals surface area contributed by atoms with Crippen molar-refractivity contribution in [2.45, 2.75) is 0 Å². The topological polar surface area (TPSA) is 4.36 Å². The fourth-order valence-corrected chi connectivity index (χ4v) is 1.29. The number of nitrogens with zero attached hydrogens (tertiary/aromatic N) is 1. The average Bonchev–Trinajstić information content (AvgIpc) is 2.14. The molecule has 0 aromatic carbocycles. The van der Waals surface area contributed by atoms with Crippen molar-refractivity contribution < 1.29 is 0 Å². The predicted octanol–water partition coefficient (Wildman–Crippen LogP) is 2.95. The van der Waals surface area contributed by atoms with Gasteiger partial charge in [0.05, 0.1) is 11.6 Å². The second kappa shape index (κ2) is 2.17. The van der Waals surface area contributed by atoms with E-state index < -0.39 is 0 Å². The summed E-state index contributed by atoms with van der Waals surface area (Å²) in [6.45, 7) is 6.55. The third kappa shape index (κ3) is 0.835. The Morgan fingerprint density at radius 2 is 2.38 bits per heavy atom. The second-order valence-corrected chi connectivity index (χ2v) is 2.37. The van der Waals surface area contributed by atoms with Crippen LogP contribution in [-0.2, 0) is 0 Å². The Kier molecular flexibility index (Phi) is 1.52. The van der Waals surface area contributed by atoms with E-state index in [1.807, 2.05) is 0 Å². The van der Waals surface area contributed by atoms with Crippen LogP contribution in [0.5, 0.6) is 0 Å². The van der Waals surface area contributed by atoms with Crippen molar-refractivity contribution in [3.8, 4) is 0 Å². The molecule has 0 radical (unpaired) electrons. The van der Waals surface area contributed by atoms with Gasteiger partial charge in [0.2, 0.25) is 5.69 Å². The largest absolute Gasteiger partial charge is 0.236 e. The minimum Gasteiger partial charge on any atom is -0.236 e. The van der Waals surface area contributed by atoms with Gasteiger partial charge in [-0.25, -0.2) is 4.85 Å². The average molecular weight is 144 g/mol. The second-order valence-electron chi connectivity index (χ2n) is 1.22. The Labute approximate surface area is 56.3 Å². The standard InChI is InChI=1S/C5H2ClNS/c1-7-5-3-8-2-4(5)6/h2-3H. The number of hydrogen-bond acceptors (Lipinski definition) is 1. The number of rotatable bonds is 0. The summed E-state index contributed by atoms with van der Waals surface area (Å²) in [7, 11) is 0. The van der Waals surface area contributed by atoms with E-state index in [9.17, 15) is 0 Å². The molecule has 0 aliphatic heterocycles. The smallest absolute Gasteiger partial charge is 0.215 e. The van der Waals surface area contributed by atoms with Gasteiger partial charge in [0, 0.05) is 0 Å². The minimum atomic E-state index is 0.552. The van der Waals surface area contributed by atoms with Crippen LogP contribution in [0.15, 0.2) is 10.8 Å². The van der Waals surface area contributed by atoms with Crippen LogP contribution in [0.1, 0.15) is 0 Å². The molecule has 0 unspecified atom stereocenters. The quantitative estimate of drug-likeness (QED) is 0.492. The Hall–Kier alpha value is -0.520. The Bertz CT molecular complexity index is 223. The van der Waals surface area contributed by atoms with Crippen LogP contribution in [0.3, 0.4) is 0 Å². The van der Waals surface area contributed by atoms with Gasteiger partial charge in [-0.3, -0.25) is 0 Å². The first kappa shape index (κ1) is 5.61. The molecule has 0 fully saturated rings. The summed E-state index contributed by atoms with van der Waals surface area (Å²) in [5.74, 6) is 0. The summed E-state index contributed by atoms with van der Waals surface area (Å²) < 4.78 is 0. The van der Waals surface area contributed by atoms with Gasteiger partial charge >= 0.3 is 0 Å². The Morgan fingerprint density at radius 1 is 1.62 bits per heavy atom. The summed E-state index contributed by atoms with van der Waals surface area (Å²) in [6.07, 6.45) is 0. The molecule has 1 rings (SSSR count). The third-order valence-corrected chi connectivity index (χ3v) is 1.88. The SMILES string of the molecule is [C-]#[N+]c1cscc1Cl. The lowest BCUT2D eigenvalue weighted by Crippen LogP contribution is -1.44. The first-order valence-corrected chi connectivity index (χ1v) is 3.26. The molecule has 40 valence electrons. The maximum Gasteiger partial charge on any atom is 0.215 e. The van der Waals surface area contributed by atoms with Gasteiger partial charge < -0.3 is 0 Å². The van der Waals surface area contributed by atoms with Gasteiger partial charge in [-0.2, -0.15) is 11.3 Å². The molecule has 1 heterocycles. The molecule has 0 aliphatic carbocycles. The fourth-order valence-electron chi connectivity index (χ4n) is 0.355. The van der Waals surface area contributed by atoms with Crippen molar-refractivity contribution in [1.82, 2.24) is 0 Å². The fraction of sp³-hybridized carbons (Fsp3) is 0. The van der Waals surface area contributed by atoms with Gasteiger partial charge in [0.25, 0.3) is 0 Å². The summed E-state index contributed by atoms with van der Waals surface area (Å²) in [5.41, 5.74) is 0.552. The molecule has 1 aromatic rings. The van der Waals surface area contributed by atoms with Crippen molar-refractivity contribution in [2.75, 3.05) is 0 Å². The molecule has 0 spiro atoms. The molecule has 0 N–H and O–H groups in total. The van der Waals surface area contributed by atoms with Crippen molar-refractivity contribution in [3.05, 3.63) is 27.2 Å². The highest BCUT2D eigenvalue weighted by atomic mass is 35.5. The molecule has 3 heteroatoms. The van der Waals surface area contributed by atoms with Crippen LogP contribution in [0, 0.1) is 6.57 Å². The van der Waals surface area contributed by atoms with Crippen molar-refractivity contribution in [2.24, 2.45) is 0 Å². The summed E-state index contributed by atoms with van der Waals surface area (Å²) in [6, 6.07) is 0. The van der Waals surface area contributed by atoms with E-state index in [0.29, 0.717) is 10.7 Å². The van der Waals surface area contributed by atoms with Gasteiger partial charge in [-0.1, -0.05) is 11.6 Å². The van der Waals surface area contributed by atoms with E-state index in [1.54, 1.807) is 10.8 Å². The van der Waals surface area contributed by atoms with E-state index in [4.69, 9.17) is 18.2 Å². The highest BCUT2D eigenvalue weighted by Gasteiger charge is 1.96. The maximum atomic E-state index is 6.55. The molecule has 0 atom stereocenters. The van der Waals surface area contributed by atoms with Gasteiger partial charge in [0.15, 0.2) is 0 Å². The van der Waals surface area contributed by atoms with Crippen LogP contribution in [-0.4, -0.2) is 0 Å². The predicted molar refractivity (Wildman–Crippen MR) is 35.6 cm³/mol. The summed E-state index contributed by atoms with van der Waals surface area (Å²) >= 11 is 6.98. The zero-order valence-electron chi connectivity index (χ0n) is 3.89. The first-order valence-electron chi connectivity index (χ1n) is 1.93. The molecule has 8 heavy (non-hydrogen) atoms. The Balaban J connectivity index is 3.15. The van der Waals surface area contributed by atoms with E-state index in [0.717, 1.165) is 0 Å². The van der Waals surface area contributed by atoms with E-state index >= 15 is 0 Å². The van der Waals surface area contributed by atoms with E-state index in [-0.39, 0.29) is 0 Å². The first-order chi connectivity index (χ1) is 3.84. The van der Waals surface area contributed by atoms with E-state index in [2.05, 4.69) is 4.85 Å². The minimum absolute atomic E-state index is 0.552. The summed E-state index contributed by atoms with van der Waals surface area (Å²) in [5, 5.41) is 4.04. The maximum absolute atomic E-state index is 6.55. The van der Waals surface area contributed by atoms with Crippen LogP contribution < -0.4 is 0 Å². The lowest BCUT2D eigenvalue weighted by atomic mass is 10.6. The van der Waals surface area contributed by atoms with Gasteiger partial charge in [0.1, 0.15) is 0 Å². The van der Waals surface area contributed by atoms with Crippen molar-refractivity contribution >= 4 is 28.6 Å². The lowest BCUT2D eigenvalue weighted by molar-refractivity contribution is 1.96. The lowest BCUT2D eigenvalue weighted by Gasteiger charge is -1.74. The molecular weight excluding hydrogens is 142 g/mol. The molecule has 0 aliphatic rings. The zero-order valence-corrected chi connectivity index (χ0v) is 5.46. The summed E-state index contributed by atoms with van der Waals surface area (Å²) in [4.78, 5) is 3.16. The highest BCUT2D eigenvalue weighted by molar-refractivity contribution is 7.09. The van der Waals surface area contributed by atoms with E-state index in [1.165, 1.54) is 11.3 Å². The van der Waals surface area contributed by atoms with Gasteiger partial charge in [-0.05, 0) is 10.8 Å². The normalized spacial score (nSPS) is 8.50. The van der Waals surface area contributed by atoms with Crippen LogP contribution in [0.4, 0.5) is 5.69 Å². The zero-order chi connectivity index (χ0) is 5.98. The monoisotopic (exact) mass is 143 g/mol. The van der Waals surface area contributed by atoms with Crippen LogP contribution in [0.25, 0.3) is 4.85 Å². The molecule has 0 saturated carbocycles. The molecule has 1 aromatic heterocycles. The van der Waals surface area contributed by atoms with Crippen LogP contribution >= 0.6 is 22.9 Å². The van der Waals surface area contributed by atoms with Crippen molar-refractivity contribution in [1.29, 1.82) is 0 Å². The molecular formula is C5H2ClNS. The third-order valence-electron chi connectivity index (χ3n) is 0.716. The molecule has 0 bridgehead atoms. The number of thiophene rings is 1. The highest BCUT2D eigenvalue weighted by Crippen LogP contribution is 2.28. The number of hydrogen-bond donors (Lipinski definition) is 0. The molecule has 1 nitrogen and oxygen atoms in total. The van der Waals surface area contributed by atoms with Crippen LogP contribution in [0.2, 0.25) is 5.02 Å². The number of halogens is 1. The van der Waals surface area contributed by atoms with Crippen molar-refractivity contribution in [3.63, 3.8) is 0 Å². The Morgan fingerprint density at radius 3 is 2.62 bits per heavy atom. The molecule has 0 amide bonds. The molecule has 0 saturated heterocycles. The van der Waals surface area contributed by atoms with Gasteiger partial charge in [-0.15, -0.1) is 0 Å².